The minimum Gasteiger partial charge on any atom is -0.457 e. The second kappa shape index (κ2) is 5.51. The number of rotatable bonds is 3. The van der Waals surface area contributed by atoms with E-state index in [4.69, 9.17) is 39.1 Å². The zero-order valence-electron chi connectivity index (χ0n) is 10.2. The van der Waals surface area contributed by atoms with E-state index >= 15 is 0 Å². The van der Waals surface area contributed by atoms with Gasteiger partial charge < -0.3 is 10.5 Å². The lowest BCUT2D eigenvalue weighted by atomic mass is 10.2. The maximum Gasteiger partial charge on any atom is 0.131 e. The average molecular weight is 295 g/mol. The van der Waals surface area contributed by atoms with Crippen LogP contribution < -0.4 is 10.5 Å². The first-order valence-electron chi connectivity index (χ1n) is 5.55. The number of amidine groups is 1. The van der Waals surface area contributed by atoms with Crippen LogP contribution in [-0.4, -0.2) is 5.84 Å². The van der Waals surface area contributed by atoms with Crippen molar-refractivity contribution in [2.75, 3.05) is 0 Å². The number of aryl methyl sites for hydroxylation is 1. The highest BCUT2D eigenvalue weighted by molar-refractivity contribution is 6.34. The van der Waals surface area contributed by atoms with Crippen molar-refractivity contribution >= 4 is 29.0 Å². The van der Waals surface area contributed by atoms with Gasteiger partial charge in [-0.25, -0.2) is 0 Å². The van der Waals surface area contributed by atoms with E-state index in [9.17, 15) is 0 Å². The van der Waals surface area contributed by atoms with Gasteiger partial charge in [0.1, 0.15) is 17.3 Å². The Morgan fingerprint density at radius 1 is 1.16 bits per heavy atom. The third kappa shape index (κ3) is 3.19. The summed E-state index contributed by atoms with van der Waals surface area (Å²) in [4.78, 5) is 0. The molecule has 2 rings (SSSR count). The van der Waals surface area contributed by atoms with Crippen LogP contribution in [0.5, 0.6) is 11.5 Å². The van der Waals surface area contributed by atoms with Crippen LogP contribution in [0, 0.1) is 12.3 Å². The van der Waals surface area contributed by atoms with E-state index in [1.165, 1.54) is 0 Å². The van der Waals surface area contributed by atoms with Crippen molar-refractivity contribution in [1.29, 1.82) is 5.41 Å². The molecule has 0 unspecified atom stereocenters. The number of nitrogen functional groups attached to an aromatic ring is 1. The van der Waals surface area contributed by atoms with Crippen molar-refractivity contribution in [3.05, 3.63) is 57.6 Å². The number of nitrogens with one attached hydrogen (secondary N) is 1. The first-order valence-corrected chi connectivity index (χ1v) is 6.31. The monoisotopic (exact) mass is 294 g/mol. The van der Waals surface area contributed by atoms with Crippen molar-refractivity contribution in [2.45, 2.75) is 6.92 Å². The molecule has 0 saturated carbocycles. The molecule has 0 aromatic heterocycles. The molecule has 0 bridgehead atoms. The lowest BCUT2D eigenvalue weighted by Crippen LogP contribution is -2.11. The second-order valence-electron chi connectivity index (χ2n) is 4.07. The van der Waals surface area contributed by atoms with Gasteiger partial charge in [-0.15, -0.1) is 0 Å². The second-order valence-corrected chi connectivity index (χ2v) is 4.91. The lowest BCUT2D eigenvalue weighted by Gasteiger charge is -2.10. The molecule has 0 aliphatic rings. The summed E-state index contributed by atoms with van der Waals surface area (Å²) < 4.78 is 5.73. The van der Waals surface area contributed by atoms with Gasteiger partial charge in [-0.2, -0.15) is 0 Å². The number of hydrogen-bond acceptors (Lipinski definition) is 2. The van der Waals surface area contributed by atoms with Gasteiger partial charge in [0.25, 0.3) is 0 Å². The minimum absolute atomic E-state index is 0.0736. The van der Waals surface area contributed by atoms with Crippen LogP contribution in [0.2, 0.25) is 10.0 Å². The topological polar surface area (TPSA) is 59.1 Å². The predicted molar refractivity (Wildman–Crippen MR) is 78.7 cm³/mol. The number of halogens is 2. The van der Waals surface area contributed by atoms with Gasteiger partial charge in [0.2, 0.25) is 0 Å². The summed E-state index contributed by atoms with van der Waals surface area (Å²) in [5, 5.41) is 8.35. The molecule has 0 aliphatic carbocycles. The van der Waals surface area contributed by atoms with Crippen molar-refractivity contribution in [3.63, 3.8) is 0 Å². The molecule has 5 heteroatoms. The predicted octanol–water partition coefficient (Wildman–Crippen LogP) is 4.38. The standard InChI is InChI=1S/C14H12Cl2N2O/c1-8-2-3-9(15)6-13(8)19-10-4-5-11(14(17)18)12(16)7-10/h2-7H,1H3,(H3,17,18). The van der Waals surface area contributed by atoms with Gasteiger partial charge in [0.15, 0.2) is 0 Å². The Balaban J connectivity index is 2.31. The van der Waals surface area contributed by atoms with Crippen LogP contribution in [0.25, 0.3) is 0 Å². The van der Waals surface area contributed by atoms with Gasteiger partial charge >= 0.3 is 0 Å². The fourth-order valence-electron chi connectivity index (χ4n) is 1.59. The normalized spacial score (nSPS) is 10.3. The highest BCUT2D eigenvalue weighted by Crippen LogP contribution is 2.30. The molecule has 0 saturated heterocycles. The van der Waals surface area contributed by atoms with Gasteiger partial charge in [-0.1, -0.05) is 29.3 Å². The zero-order valence-corrected chi connectivity index (χ0v) is 11.7. The SMILES string of the molecule is Cc1ccc(Cl)cc1Oc1ccc(C(=N)N)c(Cl)c1. The van der Waals surface area contributed by atoms with Crippen LogP contribution in [0.1, 0.15) is 11.1 Å². The summed E-state index contributed by atoms with van der Waals surface area (Å²) in [5.41, 5.74) is 6.85. The quantitative estimate of drug-likeness (QED) is 0.652. The Hall–Kier alpha value is -1.71. The average Bonchev–Trinajstić information content (AvgIpc) is 2.33. The fourth-order valence-corrected chi connectivity index (χ4v) is 2.02. The van der Waals surface area contributed by atoms with E-state index in [-0.39, 0.29) is 5.84 Å². The highest BCUT2D eigenvalue weighted by atomic mass is 35.5. The van der Waals surface area contributed by atoms with Gasteiger partial charge in [0.05, 0.1) is 5.02 Å². The maximum absolute atomic E-state index is 7.37. The molecular formula is C14H12Cl2N2O. The van der Waals surface area contributed by atoms with Crippen LogP contribution in [0.4, 0.5) is 0 Å². The summed E-state index contributed by atoms with van der Waals surface area (Å²) in [6, 6.07) is 10.4. The van der Waals surface area contributed by atoms with Crippen LogP contribution >= 0.6 is 23.2 Å². The fraction of sp³-hybridized carbons (Fsp3) is 0.0714. The molecule has 0 radical (unpaired) electrons. The molecule has 98 valence electrons. The van der Waals surface area contributed by atoms with E-state index in [0.29, 0.717) is 27.1 Å². The minimum atomic E-state index is -0.0736. The molecule has 0 amide bonds. The van der Waals surface area contributed by atoms with Gasteiger partial charge in [-0.05, 0) is 36.8 Å². The third-order valence-electron chi connectivity index (χ3n) is 2.61. The molecule has 0 spiro atoms. The molecule has 19 heavy (non-hydrogen) atoms. The number of nitrogens with two attached hydrogens (primary N) is 1. The van der Waals surface area contributed by atoms with Crippen LogP contribution in [-0.2, 0) is 0 Å². The summed E-state index contributed by atoms with van der Waals surface area (Å²) >= 11 is 12.0. The van der Waals surface area contributed by atoms with E-state index < -0.39 is 0 Å². The molecule has 3 nitrogen and oxygen atoms in total. The first kappa shape index (κ1) is 13.7. The largest absolute Gasteiger partial charge is 0.457 e. The molecule has 0 aliphatic heterocycles. The van der Waals surface area contributed by atoms with Gasteiger partial charge in [0, 0.05) is 16.7 Å². The smallest absolute Gasteiger partial charge is 0.131 e. The highest BCUT2D eigenvalue weighted by Gasteiger charge is 2.07. The third-order valence-corrected chi connectivity index (χ3v) is 3.16. The molecule has 0 fully saturated rings. The summed E-state index contributed by atoms with van der Waals surface area (Å²) in [5.74, 6) is 1.16. The molecule has 3 N–H and O–H groups in total. The van der Waals surface area contributed by atoms with Crippen molar-refractivity contribution in [3.8, 4) is 11.5 Å². The molecule has 0 atom stereocenters. The summed E-state index contributed by atoms with van der Waals surface area (Å²) in [7, 11) is 0. The van der Waals surface area contributed by atoms with Gasteiger partial charge in [-0.3, -0.25) is 5.41 Å². The number of benzene rings is 2. The Morgan fingerprint density at radius 3 is 2.53 bits per heavy atom. The number of hydrogen-bond donors (Lipinski definition) is 2. The number of ether oxygens (including phenoxy) is 1. The first-order chi connectivity index (χ1) is 8.97. The van der Waals surface area contributed by atoms with E-state index in [0.717, 1.165) is 5.56 Å². The van der Waals surface area contributed by atoms with Crippen LogP contribution in [0.3, 0.4) is 0 Å². The zero-order chi connectivity index (χ0) is 14.0. The van der Waals surface area contributed by atoms with E-state index in [1.54, 1.807) is 30.3 Å². The Morgan fingerprint density at radius 2 is 1.89 bits per heavy atom. The van der Waals surface area contributed by atoms with E-state index in [2.05, 4.69) is 0 Å². The molecule has 0 heterocycles. The lowest BCUT2D eigenvalue weighted by molar-refractivity contribution is 0.479. The molecule has 2 aromatic rings. The maximum atomic E-state index is 7.37. The summed E-state index contributed by atoms with van der Waals surface area (Å²) in [6.07, 6.45) is 0. The Bertz CT molecular complexity index is 641. The van der Waals surface area contributed by atoms with Crippen molar-refractivity contribution in [1.82, 2.24) is 0 Å². The van der Waals surface area contributed by atoms with Crippen molar-refractivity contribution < 1.29 is 4.74 Å². The van der Waals surface area contributed by atoms with E-state index in [1.807, 2.05) is 13.0 Å². The molecule has 2 aromatic carbocycles. The molecular weight excluding hydrogens is 283 g/mol. The summed E-state index contributed by atoms with van der Waals surface area (Å²) in [6.45, 7) is 1.93. The van der Waals surface area contributed by atoms with Crippen LogP contribution in [0.15, 0.2) is 36.4 Å². The van der Waals surface area contributed by atoms with Crippen molar-refractivity contribution in [2.24, 2.45) is 5.73 Å². The Labute approximate surface area is 121 Å². The Kier molecular flexibility index (Phi) is 3.98.